The van der Waals surface area contributed by atoms with Gasteiger partial charge in [0.1, 0.15) is 0 Å². The van der Waals surface area contributed by atoms with Crippen molar-refractivity contribution in [2.75, 3.05) is 19.6 Å². The van der Waals surface area contributed by atoms with Gasteiger partial charge in [-0.2, -0.15) is 0 Å². The number of ether oxygens (including phenoxy) is 1. The molecule has 0 aliphatic carbocycles. The van der Waals surface area contributed by atoms with Gasteiger partial charge in [0, 0.05) is 25.4 Å². The van der Waals surface area contributed by atoms with Crippen molar-refractivity contribution in [3.63, 3.8) is 0 Å². The molecule has 8 nitrogen and oxygen atoms in total. The van der Waals surface area contributed by atoms with Crippen molar-refractivity contribution in [1.29, 1.82) is 0 Å². The van der Waals surface area contributed by atoms with Gasteiger partial charge in [-0.3, -0.25) is 9.59 Å². The second-order valence-corrected chi connectivity index (χ2v) is 8.23. The van der Waals surface area contributed by atoms with E-state index in [9.17, 15) is 14.4 Å². The molecule has 0 aromatic heterocycles. The number of aliphatic carboxylic acids is 1. The quantitative estimate of drug-likeness (QED) is 0.253. The summed E-state index contributed by atoms with van der Waals surface area (Å²) in [4.78, 5) is 34.4. The van der Waals surface area contributed by atoms with E-state index in [2.05, 4.69) is 29.0 Å². The average molecular weight is 424 g/mol. The van der Waals surface area contributed by atoms with E-state index in [1.165, 1.54) is 0 Å². The van der Waals surface area contributed by atoms with Crippen LogP contribution in [0.4, 0.5) is 4.79 Å². The van der Waals surface area contributed by atoms with Crippen LogP contribution < -0.4 is 16.0 Å². The third kappa shape index (κ3) is 8.34. The van der Waals surface area contributed by atoms with Crippen LogP contribution in [0.25, 0.3) is 0 Å². The molecular formula is C22H37N3O5. The van der Waals surface area contributed by atoms with Gasteiger partial charge in [-0.1, -0.05) is 31.9 Å². The third-order valence-corrected chi connectivity index (χ3v) is 5.94. The van der Waals surface area contributed by atoms with E-state index in [1.807, 2.05) is 6.08 Å². The molecule has 0 spiro atoms. The van der Waals surface area contributed by atoms with Crippen LogP contribution in [-0.4, -0.2) is 54.9 Å². The lowest BCUT2D eigenvalue weighted by Crippen LogP contribution is -2.44. The van der Waals surface area contributed by atoms with Gasteiger partial charge in [0.2, 0.25) is 5.91 Å². The third-order valence-electron chi connectivity index (χ3n) is 5.94. The van der Waals surface area contributed by atoms with E-state index in [0.717, 1.165) is 44.9 Å². The SMILES string of the molecule is CCCCCNC(=O)NCC(=O)NC[C@H]1[C@@H](C/C=C\CCCC(=O)O)[C@H]2CC[C@@H]1O2. The van der Waals surface area contributed by atoms with Gasteiger partial charge >= 0.3 is 12.0 Å². The number of carbonyl (C=O) groups is 3. The van der Waals surface area contributed by atoms with Crippen LogP contribution in [0.1, 0.15) is 64.7 Å². The predicted octanol–water partition coefficient (Wildman–Crippen LogP) is 2.59. The number of nitrogens with one attached hydrogen (secondary N) is 3. The number of carbonyl (C=O) groups excluding carboxylic acids is 2. The van der Waals surface area contributed by atoms with Crippen molar-refractivity contribution in [2.45, 2.75) is 76.9 Å². The van der Waals surface area contributed by atoms with Crippen LogP contribution in [0, 0.1) is 11.8 Å². The lowest BCUT2D eigenvalue weighted by Gasteiger charge is -2.27. The van der Waals surface area contributed by atoms with Crippen molar-refractivity contribution >= 4 is 17.9 Å². The molecule has 8 heteroatoms. The molecule has 2 rings (SSSR count). The first-order valence-corrected chi connectivity index (χ1v) is 11.3. The van der Waals surface area contributed by atoms with Crippen molar-refractivity contribution in [1.82, 2.24) is 16.0 Å². The monoisotopic (exact) mass is 423 g/mol. The van der Waals surface area contributed by atoms with Gasteiger partial charge in [-0.05, 0) is 44.4 Å². The molecular weight excluding hydrogens is 386 g/mol. The van der Waals surface area contributed by atoms with E-state index in [4.69, 9.17) is 9.84 Å². The lowest BCUT2D eigenvalue weighted by molar-refractivity contribution is -0.137. The molecule has 0 aromatic carbocycles. The highest BCUT2D eigenvalue weighted by molar-refractivity contribution is 5.83. The zero-order valence-corrected chi connectivity index (χ0v) is 18.0. The fraction of sp³-hybridized carbons (Fsp3) is 0.773. The van der Waals surface area contributed by atoms with Crippen molar-refractivity contribution < 1.29 is 24.2 Å². The molecule has 0 unspecified atom stereocenters. The highest BCUT2D eigenvalue weighted by Gasteiger charge is 2.47. The number of urea groups is 1. The summed E-state index contributed by atoms with van der Waals surface area (Å²) in [6.07, 6.45) is 12.3. The number of rotatable bonds is 14. The number of fused-ring (bicyclic) bond motifs is 2. The molecule has 2 fully saturated rings. The maximum Gasteiger partial charge on any atom is 0.315 e. The molecule has 0 radical (unpaired) electrons. The summed E-state index contributed by atoms with van der Waals surface area (Å²) in [5.41, 5.74) is 0. The molecule has 170 valence electrons. The fourth-order valence-corrected chi connectivity index (χ4v) is 4.32. The fourth-order valence-electron chi connectivity index (χ4n) is 4.32. The van der Waals surface area contributed by atoms with E-state index in [1.54, 1.807) is 0 Å². The zero-order valence-electron chi connectivity index (χ0n) is 18.0. The van der Waals surface area contributed by atoms with Crippen molar-refractivity contribution in [2.24, 2.45) is 11.8 Å². The number of allylic oxidation sites excluding steroid dienone is 2. The Balaban J connectivity index is 1.66. The molecule has 2 saturated heterocycles. The van der Waals surface area contributed by atoms with Gasteiger partial charge in [-0.25, -0.2) is 4.79 Å². The standard InChI is InChI=1S/C22H37N3O5/c1-2-3-8-13-23-22(29)25-15-20(26)24-14-17-16(18-11-12-19(17)30-18)9-6-4-5-7-10-21(27)28/h4,6,16-19H,2-3,5,7-15H2,1H3,(H,24,26)(H,27,28)(H2,23,25,29)/b6-4-/t16-,17+,18-,19+/m1/s1. The smallest absolute Gasteiger partial charge is 0.315 e. The van der Waals surface area contributed by atoms with E-state index < -0.39 is 5.97 Å². The molecule has 4 N–H and O–H groups in total. The maximum absolute atomic E-state index is 12.1. The molecule has 2 aliphatic heterocycles. The lowest BCUT2D eigenvalue weighted by atomic mass is 9.77. The Labute approximate surface area is 179 Å². The summed E-state index contributed by atoms with van der Waals surface area (Å²) in [5, 5.41) is 17.0. The Bertz CT molecular complexity index is 595. The number of amides is 3. The second kappa shape index (κ2) is 13.3. The molecule has 2 aliphatic rings. The van der Waals surface area contributed by atoms with E-state index in [-0.39, 0.29) is 43.0 Å². The number of hydrogen-bond acceptors (Lipinski definition) is 4. The zero-order chi connectivity index (χ0) is 21.8. The van der Waals surface area contributed by atoms with Crippen LogP contribution >= 0.6 is 0 Å². The minimum atomic E-state index is -0.760. The molecule has 3 amide bonds. The number of unbranched alkanes of at least 4 members (excludes halogenated alkanes) is 3. The number of carboxylic acids is 1. The molecule has 2 bridgehead atoms. The van der Waals surface area contributed by atoms with Gasteiger partial charge in [0.15, 0.2) is 0 Å². The van der Waals surface area contributed by atoms with E-state index in [0.29, 0.717) is 25.4 Å². The average Bonchev–Trinajstić information content (AvgIpc) is 3.32. The first kappa shape index (κ1) is 24.2. The van der Waals surface area contributed by atoms with E-state index >= 15 is 0 Å². The highest BCUT2D eigenvalue weighted by atomic mass is 16.5. The summed E-state index contributed by atoms with van der Waals surface area (Å²) in [5.74, 6) is -0.303. The number of hydrogen-bond donors (Lipinski definition) is 4. The van der Waals surface area contributed by atoms with Crippen LogP contribution in [-0.2, 0) is 14.3 Å². The van der Waals surface area contributed by atoms with Gasteiger partial charge in [-0.15, -0.1) is 0 Å². The largest absolute Gasteiger partial charge is 0.481 e. The minimum absolute atomic E-state index is 0.0323. The van der Waals surface area contributed by atoms with Crippen LogP contribution in [0.3, 0.4) is 0 Å². The first-order valence-electron chi connectivity index (χ1n) is 11.3. The summed E-state index contributed by atoms with van der Waals surface area (Å²) in [6.45, 7) is 3.25. The Morgan fingerprint density at radius 1 is 1.00 bits per heavy atom. The summed E-state index contributed by atoms with van der Waals surface area (Å²) in [7, 11) is 0. The van der Waals surface area contributed by atoms with Crippen molar-refractivity contribution in [3.8, 4) is 0 Å². The Hall–Kier alpha value is -2.09. The Kier molecular flexibility index (Phi) is 10.7. The topological polar surface area (TPSA) is 117 Å². The molecule has 0 aromatic rings. The maximum atomic E-state index is 12.1. The Morgan fingerprint density at radius 3 is 2.50 bits per heavy atom. The first-order chi connectivity index (χ1) is 14.5. The summed E-state index contributed by atoms with van der Waals surface area (Å²) < 4.78 is 6.06. The predicted molar refractivity (Wildman–Crippen MR) is 114 cm³/mol. The van der Waals surface area contributed by atoms with Crippen LogP contribution in [0.15, 0.2) is 12.2 Å². The summed E-state index contributed by atoms with van der Waals surface area (Å²) >= 11 is 0. The van der Waals surface area contributed by atoms with Crippen molar-refractivity contribution in [3.05, 3.63) is 12.2 Å². The summed E-state index contributed by atoms with van der Waals surface area (Å²) in [6, 6.07) is -0.310. The van der Waals surface area contributed by atoms with Crippen LogP contribution in [0.2, 0.25) is 0 Å². The normalized spacial score (nSPS) is 24.8. The molecule has 2 heterocycles. The van der Waals surface area contributed by atoms with Crippen LogP contribution in [0.5, 0.6) is 0 Å². The molecule has 30 heavy (non-hydrogen) atoms. The second-order valence-electron chi connectivity index (χ2n) is 8.23. The van der Waals surface area contributed by atoms with Gasteiger partial charge in [0.05, 0.1) is 18.8 Å². The van der Waals surface area contributed by atoms with Gasteiger partial charge in [0.25, 0.3) is 0 Å². The molecule has 4 atom stereocenters. The highest BCUT2D eigenvalue weighted by Crippen LogP contribution is 2.44. The number of carboxylic acid groups (broad SMARTS) is 1. The Morgan fingerprint density at radius 2 is 1.77 bits per heavy atom. The van der Waals surface area contributed by atoms with Gasteiger partial charge < -0.3 is 25.8 Å². The minimum Gasteiger partial charge on any atom is -0.481 e. The molecule has 0 saturated carbocycles.